The third-order valence-electron chi connectivity index (χ3n) is 8.88. The second-order valence-corrected chi connectivity index (χ2v) is 14.8. The van der Waals surface area contributed by atoms with Crippen molar-refractivity contribution in [1.29, 1.82) is 0 Å². The van der Waals surface area contributed by atoms with Crippen molar-refractivity contribution in [2.45, 2.75) is 95.0 Å². The number of carbonyl (C=O) groups excluding carboxylic acids is 4. The summed E-state index contributed by atoms with van der Waals surface area (Å²) in [5.41, 5.74) is 1.31. The van der Waals surface area contributed by atoms with Crippen LogP contribution < -0.4 is 25.7 Å². The molecule has 1 aromatic heterocycles. The first-order valence-corrected chi connectivity index (χ1v) is 17.7. The van der Waals surface area contributed by atoms with E-state index in [1.807, 2.05) is 42.5 Å². The molecule has 5 atom stereocenters. The predicted molar refractivity (Wildman–Crippen MR) is 184 cm³/mol. The minimum atomic E-state index is -1.25. The van der Waals surface area contributed by atoms with Crippen molar-refractivity contribution >= 4 is 45.4 Å². The predicted octanol–water partition coefficient (Wildman–Crippen LogP) is 5.04. The summed E-state index contributed by atoms with van der Waals surface area (Å²) in [6.07, 6.45) is 6.84. The number of hydroxylamine groups is 1. The molecule has 1 saturated carbocycles. The minimum Gasteiger partial charge on any atom is -0.465 e. The summed E-state index contributed by atoms with van der Waals surface area (Å²) >= 11 is 1.39. The van der Waals surface area contributed by atoms with Crippen LogP contribution >= 0.6 is 11.3 Å². The number of fused-ring (bicyclic) bond motifs is 3. The van der Waals surface area contributed by atoms with Crippen LogP contribution in [0.3, 0.4) is 0 Å². The van der Waals surface area contributed by atoms with E-state index in [1.165, 1.54) is 16.2 Å². The maximum atomic E-state index is 14.3. The highest BCUT2D eigenvalue weighted by Crippen LogP contribution is 2.45. The van der Waals surface area contributed by atoms with Gasteiger partial charge in [-0.05, 0) is 70.7 Å². The van der Waals surface area contributed by atoms with Crippen molar-refractivity contribution in [2.75, 3.05) is 6.54 Å². The highest BCUT2D eigenvalue weighted by molar-refractivity contribution is 7.20. The van der Waals surface area contributed by atoms with Crippen LogP contribution in [-0.4, -0.2) is 69.6 Å². The van der Waals surface area contributed by atoms with Crippen LogP contribution in [0.4, 0.5) is 4.79 Å². The first-order valence-electron chi connectivity index (χ1n) is 16.8. The number of nitrogens with zero attached hydrogens (tertiary/aromatic N) is 2. The van der Waals surface area contributed by atoms with Crippen LogP contribution in [0.5, 0.6) is 10.9 Å². The number of hydrogen-bond donors (Lipinski definition) is 3. The molecule has 3 aliphatic rings. The molecule has 1 aliphatic carbocycles. The Balaban J connectivity index is 1.26. The fraction of sp³-hybridized carbons (Fsp3) is 0.472. The normalized spacial score (nSPS) is 26.6. The summed E-state index contributed by atoms with van der Waals surface area (Å²) in [6, 6.07) is 14.6. The van der Waals surface area contributed by atoms with Crippen LogP contribution in [0.15, 0.2) is 66.7 Å². The van der Waals surface area contributed by atoms with Gasteiger partial charge in [0.05, 0.1) is 16.8 Å². The average molecular weight is 690 g/mol. The number of hydrogen-bond acceptors (Lipinski definition) is 9. The molecular weight excluding hydrogens is 646 g/mol. The smallest absolute Gasteiger partial charge is 0.408 e. The number of amides is 4. The Kier molecular flexibility index (Phi) is 10.1. The first-order chi connectivity index (χ1) is 23.5. The molecule has 0 spiro atoms. The summed E-state index contributed by atoms with van der Waals surface area (Å²) in [5.74, 6) is -1.17. The monoisotopic (exact) mass is 689 g/mol. The second-order valence-electron chi connectivity index (χ2n) is 13.8. The van der Waals surface area contributed by atoms with Gasteiger partial charge in [0.25, 0.3) is 11.1 Å². The molecule has 2 aliphatic heterocycles. The van der Waals surface area contributed by atoms with E-state index in [2.05, 4.69) is 21.1 Å². The van der Waals surface area contributed by atoms with Crippen LogP contribution in [0.1, 0.15) is 65.7 Å². The maximum Gasteiger partial charge on any atom is 0.408 e. The van der Waals surface area contributed by atoms with Crippen LogP contribution in [0.2, 0.25) is 0 Å². The molecule has 49 heavy (non-hydrogen) atoms. The first kappa shape index (κ1) is 34.2. The third kappa shape index (κ3) is 8.33. The topological polar surface area (TPSA) is 148 Å². The lowest BCUT2D eigenvalue weighted by atomic mass is 10.0. The third-order valence-corrected chi connectivity index (χ3v) is 9.81. The number of ether oxygens (including phenoxy) is 2. The number of benzene rings is 2. The Morgan fingerprint density at radius 1 is 1.04 bits per heavy atom. The van der Waals surface area contributed by atoms with Gasteiger partial charge in [0.2, 0.25) is 11.8 Å². The number of rotatable bonds is 6. The summed E-state index contributed by atoms with van der Waals surface area (Å²) in [5, 5.41) is 6.21. The number of carbonyl (C=O) groups is 4. The Hall–Kier alpha value is -4.65. The number of allylic oxidation sites excluding steroid dienone is 1. The van der Waals surface area contributed by atoms with Gasteiger partial charge in [-0.1, -0.05) is 66.7 Å². The van der Waals surface area contributed by atoms with Gasteiger partial charge in [0.1, 0.15) is 29.3 Å². The van der Waals surface area contributed by atoms with E-state index < -0.39 is 53.1 Å². The highest BCUT2D eigenvalue weighted by Gasteiger charge is 2.61. The van der Waals surface area contributed by atoms with Gasteiger partial charge in [-0.2, -0.15) is 5.48 Å². The molecule has 0 bridgehead atoms. The summed E-state index contributed by atoms with van der Waals surface area (Å²) in [4.78, 5) is 66.7. The Morgan fingerprint density at radius 3 is 2.59 bits per heavy atom. The van der Waals surface area contributed by atoms with E-state index in [0.29, 0.717) is 30.2 Å². The maximum absolute atomic E-state index is 14.3. The number of aromatic nitrogens is 1. The molecule has 1 saturated heterocycles. The largest absolute Gasteiger partial charge is 0.465 e. The molecule has 0 unspecified atom stereocenters. The average Bonchev–Trinajstić information content (AvgIpc) is 3.36. The fourth-order valence-corrected chi connectivity index (χ4v) is 7.23. The van der Waals surface area contributed by atoms with Crippen molar-refractivity contribution < 1.29 is 33.5 Å². The van der Waals surface area contributed by atoms with Crippen LogP contribution in [0, 0.1) is 5.92 Å². The standard InChI is InChI=1S/C36H43N5O7S/c1-35(2,3)47-33(45)37-27-18-11-6-4-5-8-14-23-21-36(23,32(44)40-48-24-15-9-7-10-16-24)39-30(42)28-20-25(22-41(28)31(27)43)46-34-38-26-17-12-13-19-29(26)49-34/h7-10,12-17,19,23,25,27-28H,4-6,11,18,20-22H2,1-3H3,(H,37,45)(H,39,42)(H,40,44)/b14-8-/t23-,25+,27-,28-,36+/m0/s1. The van der Waals surface area contributed by atoms with E-state index in [4.69, 9.17) is 14.3 Å². The van der Waals surface area contributed by atoms with Crippen molar-refractivity contribution in [3.05, 3.63) is 66.7 Å². The van der Waals surface area contributed by atoms with Gasteiger partial charge in [0, 0.05) is 12.3 Å². The van der Waals surface area contributed by atoms with E-state index in [9.17, 15) is 19.2 Å². The number of nitrogens with one attached hydrogen (secondary N) is 3. The van der Waals surface area contributed by atoms with Crippen LogP contribution in [-0.2, 0) is 19.1 Å². The fourth-order valence-electron chi connectivity index (χ4n) is 6.34. The molecule has 3 N–H and O–H groups in total. The molecule has 0 radical (unpaired) electrons. The zero-order valence-electron chi connectivity index (χ0n) is 28.0. The summed E-state index contributed by atoms with van der Waals surface area (Å²) in [6.45, 7) is 5.36. The second kappa shape index (κ2) is 14.5. The van der Waals surface area contributed by atoms with Gasteiger partial charge in [0.15, 0.2) is 5.75 Å². The molecule has 3 aromatic rings. The number of para-hydroxylation sites is 2. The van der Waals surface area contributed by atoms with Crippen molar-refractivity contribution in [3.8, 4) is 10.9 Å². The molecule has 6 rings (SSSR count). The number of alkyl carbamates (subject to hydrolysis) is 1. The molecule has 260 valence electrons. The van der Waals surface area contributed by atoms with Crippen molar-refractivity contribution in [3.63, 3.8) is 0 Å². The lowest BCUT2D eigenvalue weighted by Crippen LogP contribution is -2.58. The Labute approximate surface area is 289 Å². The van der Waals surface area contributed by atoms with Gasteiger partial charge in [-0.3, -0.25) is 14.4 Å². The Bertz CT molecular complexity index is 1670. The summed E-state index contributed by atoms with van der Waals surface area (Å²) < 4.78 is 12.7. The zero-order valence-corrected chi connectivity index (χ0v) is 28.8. The van der Waals surface area contributed by atoms with E-state index >= 15 is 0 Å². The molecule has 3 heterocycles. The SMILES string of the molecule is CC(C)(C)OC(=O)N[C@H]1CCCCC/C=C\[C@H]2C[C@@]2(C(=O)NOc2ccccc2)NC(=O)[C@@H]2C[C@@H](Oc3nc4ccccc4s3)CN2C1=O. The summed E-state index contributed by atoms with van der Waals surface area (Å²) in [7, 11) is 0. The zero-order chi connectivity index (χ0) is 34.6. The van der Waals surface area contributed by atoms with Crippen LogP contribution in [0.25, 0.3) is 10.2 Å². The van der Waals surface area contributed by atoms with Gasteiger partial charge >= 0.3 is 6.09 Å². The Morgan fingerprint density at radius 2 is 1.82 bits per heavy atom. The number of thiazole rings is 1. The van der Waals surface area contributed by atoms with Crippen molar-refractivity contribution in [2.24, 2.45) is 5.92 Å². The van der Waals surface area contributed by atoms with E-state index in [0.717, 1.165) is 29.5 Å². The highest BCUT2D eigenvalue weighted by atomic mass is 32.1. The molecule has 4 amide bonds. The minimum absolute atomic E-state index is 0.0962. The van der Waals surface area contributed by atoms with E-state index in [1.54, 1.807) is 45.0 Å². The molecule has 2 fully saturated rings. The quantitative estimate of drug-likeness (QED) is 0.241. The lowest BCUT2D eigenvalue weighted by molar-refractivity contribution is -0.142. The lowest BCUT2D eigenvalue weighted by Gasteiger charge is -2.30. The van der Waals surface area contributed by atoms with Gasteiger partial charge in [-0.25, -0.2) is 9.78 Å². The molecule has 13 heteroatoms. The molecule has 12 nitrogen and oxygen atoms in total. The molecular formula is C36H43N5O7S. The van der Waals surface area contributed by atoms with Gasteiger partial charge < -0.3 is 29.8 Å². The van der Waals surface area contributed by atoms with Gasteiger partial charge in [-0.15, -0.1) is 0 Å². The van der Waals surface area contributed by atoms with Crippen molar-refractivity contribution in [1.82, 2.24) is 26.0 Å². The molecule has 2 aromatic carbocycles. The van der Waals surface area contributed by atoms with E-state index in [-0.39, 0.29) is 18.9 Å².